The van der Waals surface area contributed by atoms with Crippen molar-refractivity contribution in [2.75, 3.05) is 46.8 Å². The molecule has 108 valence electrons. The van der Waals surface area contributed by atoms with Gasteiger partial charge >= 0.3 is 0 Å². The molecule has 0 aromatic carbocycles. The minimum absolute atomic E-state index is 0.762. The van der Waals surface area contributed by atoms with Crippen molar-refractivity contribution in [3.05, 3.63) is 12.3 Å². The smallest absolute Gasteiger partial charge is 0.0146 e. The molecule has 1 N–H and O–H groups in total. The van der Waals surface area contributed by atoms with E-state index >= 15 is 0 Å². The Morgan fingerprint density at radius 1 is 1.11 bits per heavy atom. The van der Waals surface area contributed by atoms with Gasteiger partial charge in [0.15, 0.2) is 0 Å². The molecule has 3 nitrogen and oxygen atoms in total. The van der Waals surface area contributed by atoms with Crippen molar-refractivity contribution >= 4 is 0 Å². The summed E-state index contributed by atoms with van der Waals surface area (Å²) in [5.41, 5.74) is 1.17. The van der Waals surface area contributed by atoms with Crippen LogP contribution in [0, 0.1) is 5.92 Å². The zero-order chi connectivity index (χ0) is 14.0. The molecule has 0 fully saturated rings. The molecule has 0 aliphatic rings. The summed E-state index contributed by atoms with van der Waals surface area (Å²) >= 11 is 0. The number of nitrogens with one attached hydrogen (secondary N) is 1. The molecule has 0 atom stereocenters. The van der Waals surface area contributed by atoms with Gasteiger partial charge in [0.05, 0.1) is 0 Å². The van der Waals surface area contributed by atoms with E-state index in [1.807, 2.05) is 0 Å². The lowest BCUT2D eigenvalue weighted by Gasteiger charge is -2.21. The van der Waals surface area contributed by atoms with Gasteiger partial charge < -0.3 is 15.1 Å². The normalized spacial score (nSPS) is 11.6. The standard InChI is InChI=1S/C15H33N3/c1-7-17(5)12-13-18(6)11-9-15(4)16-10-8-14(2)3/h14,16H,4,7-13H2,1-3,5-6H3. The number of likely N-dealkylation sites (N-methyl/N-ethyl adjacent to an activating group) is 2. The summed E-state index contributed by atoms with van der Waals surface area (Å²) in [6.07, 6.45) is 2.26. The van der Waals surface area contributed by atoms with E-state index in [1.54, 1.807) is 0 Å². The van der Waals surface area contributed by atoms with Crippen LogP contribution < -0.4 is 5.32 Å². The van der Waals surface area contributed by atoms with Crippen molar-refractivity contribution in [2.45, 2.75) is 33.6 Å². The lowest BCUT2D eigenvalue weighted by molar-refractivity contribution is 0.264. The van der Waals surface area contributed by atoms with Crippen LogP contribution in [0.25, 0.3) is 0 Å². The summed E-state index contributed by atoms with van der Waals surface area (Å²) in [5, 5.41) is 3.41. The van der Waals surface area contributed by atoms with Gasteiger partial charge in [-0.2, -0.15) is 0 Å². The SMILES string of the molecule is C=C(CCN(C)CCN(C)CC)NCCC(C)C. The Labute approximate surface area is 114 Å². The highest BCUT2D eigenvalue weighted by Gasteiger charge is 2.02. The van der Waals surface area contributed by atoms with Crippen molar-refractivity contribution in [2.24, 2.45) is 5.92 Å². The minimum atomic E-state index is 0.762. The van der Waals surface area contributed by atoms with Crippen LogP contribution in [0.2, 0.25) is 0 Å². The summed E-state index contributed by atoms with van der Waals surface area (Å²) in [6.45, 7) is 16.3. The Bertz CT molecular complexity index is 214. The number of nitrogens with zero attached hydrogens (tertiary/aromatic N) is 2. The maximum atomic E-state index is 4.09. The fourth-order valence-electron chi connectivity index (χ4n) is 1.56. The second-order valence-corrected chi connectivity index (χ2v) is 5.66. The molecule has 0 heterocycles. The quantitative estimate of drug-likeness (QED) is 0.612. The largest absolute Gasteiger partial charge is 0.389 e. The molecule has 0 spiro atoms. The van der Waals surface area contributed by atoms with Gasteiger partial charge in [0.25, 0.3) is 0 Å². The summed E-state index contributed by atoms with van der Waals surface area (Å²) in [7, 11) is 4.35. The Morgan fingerprint density at radius 2 is 1.72 bits per heavy atom. The van der Waals surface area contributed by atoms with Crippen molar-refractivity contribution in [3.8, 4) is 0 Å². The first-order valence-corrected chi connectivity index (χ1v) is 7.24. The van der Waals surface area contributed by atoms with E-state index in [2.05, 4.69) is 56.6 Å². The van der Waals surface area contributed by atoms with Gasteiger partial charge in [-0.1, -0.05) is 27.4 Å². The van der Waals surface area contributed by atoms with Crippen LogP contribution in [0.5, 0.6) is 0 Å². The van der Waals surface area contributed by atoms with Crippen molar-refractivity contribution in [1.29, 1.82) is 0 Å². The highest BCUT2D eigenvalue weighted by Crippen LogP contribution is 2.00. The van der Waals surface area contributed by atoms with Gasteiger partial charge in [0.1, 0.15) is 0 Å². The lowest BCUT2D eigenvalue weighted by Crippen LogP contribution is -2.32. The van der Waals surface area contributed by atoms with Crippen LogP contribution in [-0.4, -0.2) is 56.6 Å². The number of rotatable bonds is 11. The zero-order valence-electron chi connectivity index (χ0n) is 13.1. The predicted octanol–water partition coefficient (Wildman–Crippen LogP) is 2.41. The minimum Gasteiger partial charge on any atom is -0.389 e. The molecule has 0 unspecified atom stereocenters. The highest BCUT2D eigenvalue weighted by molar-refractivity contribution is 4.91. The average molecular weight is 255 g/mol. The first kappa shape index (κ1) is 17.5. The molecule has 0 aliphatic carbocycles. The van der Waals surface area contributed by atoms with Crippen LogP contribution in [0.15, 0.2) is 12.3 Å². The Kier molecular flexibility index (Phi) is 10.1. The van der Waals surface area contributed by atoms with E-state index < -0.39 is 0 Å². The average Bonchev–Trinajstić information content (AvgIpc) is 2.32. The van der Waals surface area contributed by atoms with Crippen molar-refractivity contribution in [3.63, 3.8) is 0 Å². The number of hydrogen-bond donors (Lipinski definition) is 1. The molecule has 0 aromatic rings. The predicted molar refractivity (Wildman–Crippen MR) is 81.9 cm³/mol. The van der Waals surface area contributed by atoms with Crippen LogP contribution in [0.3, 0.4) is 0 Å². The molecule has 0 amide bonds. The van der Waals surface area contributed by atoms with Crippen LogP contribution >= 0.6 is 0 Å². The maximum absolute atomic E-state index is 4.09. The molecule has 0 aromatic heterocycles. The lowest BCUT2D eigenvalue weighted by atomic mass is 10.1. The maximum Gasteiger partial charge on any atom is 0.0146 e. The van der Waals surface area contributed by atoms with Crippen LogP contribution in [0.4, 0.5) is 0 Å². The first-order chi connectivity index (χ1) is 8.45. The molecule has 3 heteroatoms. The van der Waals surface area contributed by atoms with Gasteiger partial charge in [-0.15, -0.1) is 0 Å². The zero-order valence-corrected chi connectivity index (χ0v) is 13.1. The van der Waals surface area contributed by atoms with Gasteiger partial charge in [0, 0.05) is 31.9 Å². The van der Waals surface area contributed by atoms with E-state index in [9.17, 15) is 0 Å². The Balaban J connectivity index is 3.53. The van der Waals surface area contributed by atoms with E-state index in [1.165, 1.54) is 12.1 Å². The molecular weight excluding hydrogens is 222 g/mol. The van der Waals surface area contributed by atoms with Gasteiger partial charge in [-0.05, 0) is 39.4 Å². The second-order valence-electron chi connectivity index (χ2n) is 5.66. The highest BCUT2D eigenvalue weighted by atomic mass is 15.2. The third-order valence-corrected chi connectivity index (χ3v) is 3.30. The fourth-order valence-corrected chi connectivity index (χ4v) is 1.56. The second kappa shape index (κ2) is 10.4. The van der Waals surface area contributed by atoms with Gasteiger partial charge in [0.2, 0.25) is 0 Å². The molecule has 0 radical (unpaired) electrons. The fraction of sp³-hybridized carbons (Fsp3) is 0.867. The topological polar surface area (TPSA) is 18.5 Å². The molecule has 0 saturated heterocycles. The van der Waals surface area contributed by atoms with Crippen molar-refractivity contribution < 1.29 is 0 Å². The Hall–Kier alpha value is -0.540. The van der Waals surface area contributed by atoms with Gasteiger partial charge in [-0.3, -0.25) is 0 Å². The third kappa shape index (κ3) is 10.6. The van der Waals surface area contributed by atoms with Crippen LogP contribution in [-0.2, 0) is 0 Å². The van der Waals surface area contributed by atoms with E-state index in [-0.39, 0.29) is 0 Å². The summed E-state index contributed by atoms with van der Waals surface area (Å²) in [5.74, 6) is 0.762. The molecular formula is C15H33N3. The van der Waals surface area contributed by atoms with Crippen LogP contribution in [0.1, 0.15) is 33.6 Å². The molecule has 0 aliphatic heterocycles. The number of hydrogen-bond acceptors (Lipinski definition) is 3. The summed E-state index contributed by atoms with van der Waals surface area (Å²) in [6, 6.07) is 0. The third-order valence-electron chi connectivity index (χ3n) is 3.30. The Morgan fingerprint density at radius 3 is 2.28 bits per heavy atom. The van der Waals surface area contributed by atoms with Crippen molar-refractivity contribution in [1.82, 2.24) is 15.1 Å². The van der Waals surface area contributed by atoms with E-state index in [4.69, 9.17) is 0 Å². The van der Waals surface area contributed by atoms with E-state index in [0.717, 1.165) is 45.1 Å². The van der Waals surface area contributed by atoms with E-state index in [0.29, 0.717) is 0 Å². The monoisotopic (exact) mass is 255 g/mol. The molecule has 0 bridgehead atoms. The van der Waals surface area contributed by atoms with Gasteiger partial charge in [-0.25, -0.2) is 0 Å². The molecule has 0 rings (SSSR count). The summed E-state index contributed by atoms with van der Waals surface area (Å²) < 4.78 is 0. The molecule has 18 heavy (non-hydrogen) atoms. The summed E-state index contributed by atoms with van der Waals surface area (Å²) in [4.78, 5) is 4.72. The first-order valence-electron chi connectivity index (χ1n) is 7.24. The molecule has 0 saturated carbocycles.